The summed E-state index contributed by atoms with van der Waals surface area (Å²) in [7, 11) is 0. The SMILES string of the molecule is CCOC(=O)/C(C)=C/OC(=O)/C(C)=C/C1CCCCC1. The van der Waals surface area contributed by atoms with Crippen molar-refractivity contribution in [2.75, 3.05) is 6.61 Å². The predicted molar refractivity (Wildman–Crippen MR) is 76.8 cm³/mol. The molecule has 0 aromatic carbocycles. The standard InChI is InChI=1S/C16H24O4/c1-4-19-16(18)13(3)11-20-15(17)12(2)10-14-8-6-5-7-9-14/h10-11,14H,4-9H2,1-3H3/b12-10+,13-11+. The van der Waals surface area contributed by atoms with Crippen molar-refractivity contribution in [3.8, 4) is 0 Å². The van der Waals surface area contributed by atoms with E-state index in [-0.39, 0.29) is 5.57 Å². The molecule has 1 aliphatic carbocycles. The molecule has 20 heavy (non-hydrogen) atoms. The van der Waals surface area contributed by atoms with Crippen LogP contribution >= 0.6 is 0 Å². The summed E-state index contributed by atoms with van der Waals surface area (Å²) >= 11 is 0. The molecule has 0 aromatic rings. The average Bonchev–Trinajstić information content (AvgIpc) is 2.45. The third kappa shape index (κ3) is 5.59. The van der Waals surface area contributed by atoms with E-state index in [1.54, 1.807) is 20.8 Å². The summed E-state index contributed by atoms with van der Waals surface area (Å²) in [6.07, 6.45) is 9.18. The second kappa shape index (κ2) is 8.56. The first-order chi connectivity index (χ1) is 9.54. The van der Waals surface area contributed by atoms with Crippen molar-refractivity contribution in [3.05, 3.63) is 23.5 Å². The zero-order valence-corrected chi connectivity index (χ0v) is 12.6. The van der Waals surface area contributed by atoms with Crippen LogP contribution in [-0.4, -0.2) is 18.5 Å². The molecule has 0 atom stereocenters. The van der Waals surface area contributed by atoms with Crippen molar-refractivity contribution < 1.29 is 19.1 Å². The molecule has 0 N–H and O–H groups in total. The minimum atomic E-state index is -0.464. The van der Waals surface area contributed by atoms with Gasteiger partial charge in [0.15, 0.2) is 0 Å². The van der Waals surface area contributed by atoms with Crippen LogP contribution in [0.5, 0.6) is 0 Å². The normalized spacial score (nSPS) is 17.8. The fourth-order valence-corrected chi connectivity index (χ4v) is 2.25. The molecule has 1 aliphatic rings. The first-order valence-electron chi connectivity index (χ1n) is 7.28. The quantitative estimate of drug-likeness (QED) is 0.439. The van der Waals surface area contributed by atoms with Gasteiger partial charge in [-0.05, 0) is 39.5 Å². The molecule has 0 aromatic heterocycles. The highest BCUT2D eigenvalue weighted by atomic mass is 16.5. The lowest BCUT2D eigenvalue weighted by atomic mass is 9.88. The molecule has 0 saturated heterocycles. The van der Waals surface area contributed by atoms with Crippen molar-refractivity contribution in [1.29, 1.82) is 0 Å². The smallest absolute Gasteiger partial charge is 0.338 e. The summed E-state index contributed by atoms with van der Waals surface area (Å²) < 4.78 is 9.81. The lowest BCUT2D eigenvalue weighted by Crippen LogP contribution is -2.09. The van der Waals surface area contributed by atoms with E-state index in [0.717, 1.165) is 12.8 Å². The number of hydrogen-bond acceptors (Lipinski definition) is 4. The van der Waals surface area contributed by atoms with E-state index in [4.69, 9.17) is 9.47 Å². The van der Waals surface area contributed by atoms with Crippen LogP contribution in [0.3, 0.4) is 0 Å². The predicted octanol–water partition coefficient (Wildman–Crippen LogP) is 3.52. The largest absolute Gasteiger partial charge is 0.463 e. The maximum Gasteiger partial charge on any atom is 0.338 e. The number of carbonyl (C=O) groups excluding carboxylic acids is 2. The molecule has 1 saturated carbocycles. The van der Waals surface area contributed by atoms with E-state index in [0.29, 0.717) is 18.1 Å². The maximum atomic E-state index is 11.8. The Morgan fingerprint density at radius 1 is 1.05 bits per heavy atom. The second-order valence-corrected chi connectivity index (χ2v) is 5.17. The molecule has 0 bridgehead atoms. The molecule has 1 rings (SSSR count). The summed E-state index contributed by atoms with van der Waals surface area (Å²) in [5, 5.41) is 0. The third-order valence-electron chi connectivity index (χ3n) is 3.40. The molecule has 0 amide bonds. The Morgan fingerprint density at radius 3 is 2.30 bits per heavy atom. The first-order valence-corrected chi connectivity index (χ1v) is 7.28. The Hall–Kier alpha value is -1.58. The molecule has 0 unspecified atom stereocenters. The van der Waals surface area contributed by atoms with Crippen LogP contribution in [0.2, 0.25) is 0 Å². The Morgan fingerprint density at radius 2 is 1.70 bits per heavy atom. The van der Waals surface area contributed by atoms with Gasteiger partial charge in [-0.25, -0.2) is 9.59 Å². The van der Waals surface area contributed by atoms with Crippen LogP contribution in [0, 0.1) is 5.92 Å². The molecule has 0 radical (unpaired) electrons. The van der Waals surface area contributed by atoms with Gasteiger partial charge in [0.05, 0.1) is 12.2 Å². The number of rotatable bonds is 5. The molecule has 0 aliphatic heterocycles. The molecule has 4 nitrogen and oxygen atoms in total. The van der Waals surface area contributed by atoms with Gasteiger partial charge in [0.1, 0.15) is 6.26 Å². The topological polar surface area (TPSA) is 52.6 Å². The van der Waals surface area contributed by atoms with Crippen molar-refractivity contribution in [2.24, 2.45) is 5.92 Å². The number of carbonyl (C=O) groups is 2. The zero-order chi connectivity index (χ0) is 15.0. The zero-order valence-electron chi connectivity index (χ0n) is 12.6. The van der Waals surface area contributed by atoms with Gasteiger partial charge in [0.25, 0.3) is 0 Å². The van der Waals surface area contributed by atoms with Crippen LogP contribution in [0.4, 0.5) is 0 Å². The van der Waals surface area contributed by atoms with Gasteiger partial charge >= 0.3 is 11.9 Å². The third-order valence-corrected chi connectivity index (χ3v) is 3.40. The average molecular weight is 280 g/mol. The molecule has 0 heterocycles. The van der Waals surface area contributed by atoms with Crippen LogP contribution in [-0.2, 0) is 19.1 Å². The highest BCUT2D eigenvalue weighted by Crippen LogP contribution is 2.25. The van der Waals surface area contributed by atoms with Gasteiger partial charge in [0, 0.05) is 5.57 Å². The number of ether oxygens (including phenoxy) is 2. The van der Waals surface area contributed by atoms with Gasteiger partial charge in [-0.3, -0.25) is 0 Å². The van der Waals surface area contributed by atoms with E-state index < -0.39 is 11.9 Å². The lowest BCUT2D eigenvalue weighted by Gasteiger charge is -2.18. The lowest BCUT2D eigenvalue weighted by molar-refractivity contribution is -0.138. The number of allylic oxidation sites excluding steroid dienone is 1. The monoisotopic (exact) mass is 280 g/mol. The first kappa shape index (κ1) is 16.5. The molecule has 1 fully saturated rings. The van der Waals surface area contributed by atoms with Gasteiger partial charge in [-0.1, -0.05) is 25.3 Å². The maximum absolute atomic E-state index is 11.8. The molecular weight excluding hydrogens is 256 g/mol. The Labute approximate surface area is 120 Å². The Kier molecular flexibility index (Phi) is 7.05. The van der Waals surface area contributed by atoms with E-state index in [9.17, 15) is 9.59 Å². The summed E-state index contributed by atoms with van der Waals surface area (Å²) in [6.45, 7) is 5.35. The summed E-state index contributed by atoms with van der Waals surface area (Å²) in [4.78, 5) is 23.2. The summed E-state index contributed by atoms with van der Waals surface area (Å²) in [6, 6.07) is 0. The molecule has 112 valence electrons. The van der Waals surface area contributed by atoms with Gasteiger partial charge in [-0.15, -0.1) is 0 Å². The van der Waals surface area contributed by atoms with Crippen molar-refractivity contribution in [2.45, 2.75) is 52.9 Å². The Balaban J connectivity index is 2.50. The fraction of sp³-hybridized carbons (Fsp3) is 0.625. The van der Waals surface area contributed by atoms with Gasteiger partial charge in [-0.2, -0.15) is 0 Å². The van der Waals surface area contributed by atoms with Crippen molar-refractivity contribution in [1.82, 2.24) is 0 Å². The van der Waals surface area contributed by atoms with E-state index >= 15 is 0 Å². The molecular formula is C16H24O4. The van der Waals surface area contributed by atoms with E-state index in [2.05, 4.69) is 0 Å². The van der Waals surface area contributed by atoms with Crippen LogP contribution in [0.1, 0.15) is 52.9 Å². The summed E-state index contributed by atoms with van der Waals surface area (Å²) in [5.74, 6) is -0.389. The van der Waals surface area contributed by atoms with E-state index in [1.165, 1.54) is 25.5 Å². The highest BCUT2D eigenvalue weighted by molar-refractivity contribution is 5.90. The molecule has 4 heteroatoms. The van der Waals surface area contributed by atoms with Gasteiger partial charge < -0.3 is 9.47 Å². The Bertz CT molecular complexity index is 401. The highest BCUT2D eigenvalue weighted by Gasteiger charge is 2.14. The fourth-order valence-electron chi connectivity index (χ4n) is 2.25. The minimum Gasteiger partial charge on any atom is -0.463 e. The van der Waals surface area contributed by atoms with Crippen LogP contribution in [0.15, 0.2) is 23.5 Å². The number of hydrogen-bond donors (Lipinski definition) is 0. The van der Waals surface area contributed by atoms with E-state index in [1.807, 2.05) is 6.08 Å². The summed E-state index contributed by atoms with van der Waals surface area (Å²) in [5.41, 5.74) is 0.885. The molecule has 0 spiro atoms. The minimum absolute atomic E-state index is 0.283. The van der Waals surface area contributed by atoms with Crippen molar-refractivity contribution in [3.63, 3.8) is 0 Å². The van der Waals surface area contributed by atoms with Crippen molar-refractivity contribution >= 4 is 11.9 Å². The van der Waals surface area contributed by atoms with Gasteiger partial charge in [0.2, 0.25) is 0 Å². The number of esters is 2. The second-order valence-electron chi connectivity index (χ2n) is 5.17. The van der Waals surface area contributed by atoms with Crippen LogP contribution in [0.25, 0.3) is 0 Å². The van der Waals surface area contributed by atoms with Crippen LogP contribution < -0.4 is 0 Å².